The maximum absolute atomic E-state index is 12.5. The van der Waals surface area contributed by atoms with Crippen molar-refractivity contribution in [2.75, 3.05) is 44.6 Å². The Morgan fingerprint density at radius 2 is 1.71 bits per heavy atom. The number of piperazine rings is 1. The molecule has 1 aliphatic heterocycles. The normalized spacial score (nSPS) is 14.4. The Hall–Kier alpha value is -2.38. The van der Waals surface area contributed by atoms with Gasteiger partial charge < -0.3 is 15.0 Å². The summed E-state index contributed by atoms with van der Waals surface area (Å²) in [5.74, 6) is 0.939. The van der Waals surface area contributed by atoms with E-state index in [2.05, 4.69) is 26.1 Å². The number of nitrogens with one attached hydrogen (secondary N) is 1. The van der Waals surface area contributed by atoms with Crippen molar-refractivity contribution in [3.8, 4) is 5.75 Å². The van der Waals surface area contributed by atoms with Gasteiger partial charge in [0.2, 0.25) is 11.8 Å². The summed E-state index contributed by atoms with van der Waals surface area (Å²) in [4.78, 5) is 28.9. The number of halogens is 1. The third kappa shape index (κ3) is 7.08. The Balaban J connectivity index is 1.35. The van der Waals surface area contributed by atoms with Gasteiger partial charge in [0.1, 0.15) is 5.75 Å². The van der Waals surface area contributed by atoms with Crippen molar-refractivity contribution < 1.29 is 14.3 Å². The van der Waals surface area contributed by atoms with Crippen molar-refractivity contribution in [3.05, 3.63) is 58.1 Å². The molecule has 166 valence electrons. The van der Waals surface area contributed by atoms with Gasteiger partial charge in [0.05, 0.1) is 13.2 Å². The average Bonchev–Trinajstić information content (AvgIpc) is 2.74. The van der Waals surface area contributed by atoms with Crippen LogP contribution in [0.5, 0.6) is 5.75 Å². The summed E-state index contributed by atoms with van der Waals surface area (Å²) < 4.78 is 6.67. The quantitative estimate of drug-likeness (QED) is 0.571. The number of benzene rings is 2. The molecule has 0 saturated carbocycles. The minimum atomic E-state index is -0.0122. The van der Waals surface area contributed by atoms with E-state index in [1.807, 2.05) is 61.2 Å². The lowest BCUT2D eigenvalue weighted by Crippen LogP contribution is -2.50. The molecule has 1 heterocycles. The van der Waals surface area contributed by atoms with E-state index in [-0.39, 0.29) is 11.8 Å². The van der Waals surface area contributed by atoms with E-state index in [9.17, 15) is 9.59 Å². The van der Waals surface area contributed by atoms with Gasteiger partial charge in [0.25, 0.3) is 0 Å². The average molecular weight is 488 g/mol. The predicted octanol–water partition coefficient (Wildman–Crippen LogP) is 4.01. The number of aryl methyl sites for hydroxylation is 2. The van der Waals surface area contributed by atoms with E-state index in [0.717, 1.165) is 27.0 Å². The Morgan fingerprint density at radius 3 is 2.39 bits per heavy atom. The van der Waals surface area contributed by atoms with E-state index < -0.39 is 0 Å². The molecule has 0 aliphatic carbocycles. The predicted molar refractivity (Wildman–Crippen MR) is 126 cm³/mol. The minimum absolute atomic E-state index is 0.0122. The van der Waals surface area contributed by atoms with Crippen LogP contribution in [0, 0.1) is 13.8 Å². The molecule has 1 fully saturated rings. The molecule has 31 heavy (non-hydrogen) atoms. The largest absolute Gasteiger partial charge is 0.494 e. The molecule has 6 nitrogen and oxygen atoms in total. The minimum Gasteiger partial charge on any atom is -0.494 e. The summed E-state index contributed by atoms with van der Waals surface area (Å²) >= 11 is 3.42. The smallest absolute Gasteiger partial charge is 0.238 e. The van der Waals surface area contributed by atoms with Crippen LogP contribution in [0.1, 0.15) is 24.0 Å². The standard InChI is InChI=1S/C24H30BrN3O3/c1-18-6-3-7-19(2)24(18)26-22(29)17-27-11-13-28(14-12-27)23(30)10-5-15-31-21-9-4-8-20(25)16-21/h3-4,6-9,16H,5,10-15,17H2,1-2H3,(H,26,29). The van der Waals surface area contributed by atoms with Gasteiger partial charge in [-0.15, -0.1) is 0 Å². The van der Waals surface area contributed by atoms with Crippen LogP contribution in [0.15, 0.2) is 46.9 Å². The second-order valence-electron chi connectivity index (χ2n) is 7.88. The fourth-order valence-electron chi connectivity index (χ4n) is 3.68. The fourth-order valence-corrected chi connectivity index (χ4v) is 4.06. The van der Waals surface area contributed by atoms with E-state index >= 15 is 0 Å². The van der Waals surface area contributed by atoms with Crippen molar-refractivity contribution in [1.29, 1.82) is 0 Å². The number of amides is 2. The highest BCUT2D eigenvalue weighted by atomic mass is 79.9. The summed E-state index contributed by atoms with van der Waals surface area (Å²) in [6.45, 7) is 7.58. The molecule has 2 aromatic carbocycles. The molecule has 0 aromatic heterocycles. The molecular weight excluding hydrogens is 458 g/mol. The lowest BCUT2D eigenvalue weighted by Gasteiger charge is -2.34. The number of rotatable bonds is 8. The van der Waals surface area contributed by atoms with Crippen LogP contribution in [-0.2, 0) is 9.59 Å². The number of hydrogen-bond donors (Lipinski definition) is 1. The molecule has 0 spiro atoms. The Morgan fingerprint density at radius 1 is 1.03 bits per heavy atom. The van der Waals surface area contributed by atoms with E-state index in [0.29, 0.717) is 52.2 Å². The maximum Gasteiger partial charge on any atom is 0.238 e. The van der Waals surface area contributed by atoms with Crippen molar-refractivity contribution in [2.45, 2.75) is 26.7 Å². The molecule has 1 N–H and O–H groups in total. The van der Waals surface area contributed by atoms with Gasteiger partial charge in [-0.2, -0.15) is 0 Å². The second-order valence-corrected chi connectivity index (χ2v) is 8.80. The number of anilines is 1. The molecule has 1 saturated heterocycles. The highest BCUT2D eigenvalue weighted by Crippen LogP contribution is 2.20. The highest BCUT2D eigenvalue weighted by Gasteiger charge is 2.22. The third-order valence-corrected chi connectivity index (χ3v) is 5.93. The first-order valence-corrected chi connectivity index (χ1v) is 11.5. The molecule has 2 amide bonds. The van der Waals surface area contributed by atoms with E-state index in [4.69, 9.17) is 4.74 Å². The van der Waals surface area contributed by atoms with Gasteiger partial charge in [-0.05, 0) is 49.6 Å². The van der Waals surface area contributed by atoms with Gasteiger partial charge in [-0.1, -0.05) is 40.2 Å². The highest BCUT2D eigenvalue weighted by molar-refractivity contribution is 9.10. The van der Waals surface area contributed by atoms with Crippen LogP contribution in [0.4, 0.5) is 5.69 Å². The van der Waals surface area contributed by atoms with Gasteiger partial charge >= 0.3 is 0 Å². The number of carbonyl (C=O) groups excluding carboxylic acids is 2. The van der Waals surface area contributed by atoms with E-state index in [1.54, 1.807) is 0 Å². The molecule has 0 unspecified atom stereocenters. The van der Waals surface area contributed by atoms with Crippen molar-refractivity contribution in [2.24, 2.45) is 0 Å². The maximum atomic E-state index is 12.5. The summed E-state index contributed by atoms with van der Waals surface area (Å²) in [6, 6.07) is 13.7. The summed E-state index contributed by atoms with van der Waals surface area (Å²) in [5.41, 5.74) is 3.02. The van der Waals surface area contributed by atoms with E-state index in [1.165, 1.54) is 0 Å². The molecule has 3 rings (SSSR count). The van der Waals surface area contributed by atoms with Crippen LogP contribution in [0.2, 0.25) is 0 Å². The van der Waals surface area contributed by atoms with Crippen LogP contribution in [0.3, 0.4) is 0 Å². The summed E-state index contributed by atoms with van der Waals surface area (Å²) in [5, 5.41) is 3.03. The van der Waals surface area contributed by atoms with Gasteiger partial charge in [0, 0.05) is 42.8 Å². The van der Waals surface area contributed by atoms with Crippen LogP contribution < -0.4 is 10.1 Å². The van der Waals surface area contributed by atoms with Crippen molar-refractivity contribution in [1.82, 2.24) is 9.80 Å². The topological polar surface area (TPSA) is 61.9 Å². The Bertz CT molecular complexity index is 890. The third-order valence-electron chi connectivity index (χ3n) is 5.44. The molecule has 2 aromatic rings. The van der Waals surface area contributed by atoms with Gasteiger partial charge in [-0.25, -0.2) is 0 Å². The first kappa shape index (κ1) is 23.3. The zero-order valence-electron chi connectivity index (χ0n) is 18.2. The van der Waals surface area contributed by atoms with Crippen molar-refractivity contribution in [3.63, 3.8) is 0 Å². The number of carbonyl (C=O) groups is 2. The van der Waals surface area contributed by atoms with Gasteiger partial charge in [0.15, 0.2) is 0 Å². The molecule has 0 bridgehead atoms. The van der Waals surface area contributed by atoms with Gasteiger partial charge in [-0.3, -0.25) is 14.5 Å². The first-order chi connectivity index (χ1) is 14.9. The summed E-state index contributed by atoms with van der Waals surface area (Å²) in [7, 11) is 0. The monoisotopic (exact) mass is 487 g/mol. The molecule has 0 atom stereocenters. The lowest BCUT2D eigenvalue weighted by molar-refractivity contribution is -0.133. The zero-order chi connectivity index (χ0) is 22.2. The molecule has 7 heteroatoms. The summed E-state index contributed by atoms with van der Waals surface area (Å²) in [6.07, 6.45) is 1.16. The zero-order valence-corrected chi connectivity index (χ0v) is 19.8. The fraction of sp³-hybridized carbons (Fsp3) is 0.417. The van der Waals surface area contributed by atoms with Crippen molar-refractivity contribution >= 4 is 33.4 Å². The SMILES string of the molecule is Cc1cccc(C)c1NC(=O)CN1CCN(C(=O)CCCOc2cccc(Br)c2)CC1. The van der Waals surface area contributed by atoms with Crippen LogP contribution in [0.25, 0.3) is 0 Å². The second kappa shape index (κ2) is 11.3. The van der Waals surface area contributed by atoms with Crippen LogP contribution >= 0.6 is 15.9 Å². The number of ether oxygens (including phenoxy) is 1. The molecular formula is C24H30BrN3O3. The Kier molecular flexibility index (Phi) is 8.49. The molecule has 0 radical (unpaired) electrons. The lowest BCUT2D eigenvalue weighted by atomic mass is 10.1. The number of hydrogen-bond acceptors (Lipinski definition) is 4. The first-order valence-electron chi connectivity index (χ1n) is 10.7. The number of nitrogens with zero attached hydrogens (tertiary/aromatic N) is 2. The van der Waals surface area contributed by atoms with Crippen LogP contribution in [-0.4, -0.2) is 60.9 Å². The number of para-hydroxylation sites is 1. The molecule has 1 aliphatic rings. The Labute approximate surface area is 192 Å².